The Kier molecular flexibility index (Phi) is 7.13. The number of amides is 1. The summed E-state index contributed by atoms with van der Waals surface area (Å²) in [5, 5.41) is 24.9. The van der Waals surface area contributed by atoms with E-state index in [0.717, 1.165) is 10.4 Å². The molecule has 1 aliphatic rings. The lowest BCUT2D eigenvalue weighted by Crippen LogP contribution is -2.44. The van der Waals surface area contributed by atoms with Crippen molar-refractivity contribution in [3.63, 3.8) is 0 Å². The molecule has 0 spiro atoms. The van der Waals surface area contributed by atoms with Gasteiger partial charge >= 0.3 is 5.69 Å². The molecule has 0 bridgehead atoms. The number of nitro benzene ring substituents is 1. The number of hydrogen-bond acceptors (Lipinski definition) is 7. The van der Waals surface area contributed by atoms with E-state index in [1.54, 1.807) is 22.6 Å². The van der Waals surface area contributed by atoms with Crippen molar-refractivity contribution in [2.45, 2.75) is 23.8 Å². The van der Waals surface area contributed by atoms with E-state index in [0.29, 0.717) is 17.9 Å². The maximum atomic E-state index is 12.9. The predicted molar refractivity (Wildman–Crippen MR) is 122 cm³/mol. The monoisotopic (exact) mass is 578 g/mol. The second-order valence-electron chi connectivity index (χ2n) is 6.59. The molecule has 2 aromatic rings. The average molecular weight is 579 g/mol. The largest absolute Gasteiger partial charge is 0.501 e. The number of phenols is 1. The van der Waals surface area contributed by atoms with Gasteiger partial charge in [-0.2, -0.15) is 9.41 Å². The molecule has 10 nitrogen and oxygen atoms in total. The summed E-state index contributed by atoms with van der Waals surface area (Å²) in [5.41, 5.74) is 2.08. The fourth-order valence-corrected chi connectivity index (χ4v) is 5.51. The molecule has 2 aromatic carbocycles. The number of nitro groups is 1. The Morgan fingerprint density at radius 2 is 2.03 bits per heavy atom. The van der Waals surface area contributed by atoms with Crippen molar-refractivity contribution in [1.29, 1.82) is 0 Å². The van der Waals surface area contributed by atoms with E-state index < -0.39 is 38.3 Å². The molecule has 0 aliphatic carbocycles. The number of aromatic hydroxyl groups is 1. The van der Waals surface area contributed by atoms with Crippen LogP contribution in [-0.4, -0.2) is 47.5 Å². The van der Waals surface area contributed by atoms with Crippen molar-refractivity contribution in [3.05, 3.63) is 60.7 Å². The molecule has 0 radical (unpaired) electrons. The van der Waals surface area contributed by atoms with Gasteiger partial charge in [-0.3, -0.25) is 14.9 Å². The van der Waals surface area contributed by atoms with Crippen LogP contribution in [-0.2, 0) is 14.8 Å². The third-order valence-electron chi connectivity index (χ3n) is 4.58. The van der Waals surface area contributed by atoms with Crippen molar-refractivity contribution in [3.8, 4) is 5.75 Å². The highest BCUT2D eigenvalue weighted by atomic mass is 127. The van der Waals surface area contributed by atoms with Crippen LogP contribution in [0.4, 0.5) is 5.69 Å². The lowest BCUT2D eigenvalue weighted by atomic mass is 10.2. The molecule has 0 aromatic heterocycles. The fourth-order valence-electron chi connectivity index (χ4n) is 3.10. The molecule has 1 saturated heterocycles. The van der Waals surface area contributed by atoms with Crippen molar-refractivity contribution in [2.24, 2.45) is 5.10 Å². The average Bonchev–Trinajstić information content (AvgIpc) is 3.21. The first-order chi connectivity index (χ1) is 14.6. The zero-order chi connectivity index (χ0) is 22.8. The van der Waals surface area contributed by atoms with Gasteiger partial charge in [0.15, 0.2) is 0 Å². The quantitative estimate of drug-likeness (QED) is 0.234. The van der Waals surface area contributed by atoms with Gasteiger partial charge in [-0.05, 0) is 65.8 Å². The second kappa shape index (κ2) is 9.46. The molecule has 13 heteroatoms. The summed E-state index contributed by atoms with van der Waals surface area (Å²) in [6, 6.07) is 7.30. The van der Waals surface area contributed by atoms with Crippen LogP contribution in [0.3, 0.4) is 0 Å². The fraction of sp³-hybridized carbons (Fsp3) is 0.222. The third-order valence-corrected chi connectivity index (χ3v) is 7.57. The summed E-state index contributed by atoms with van der Waals surface area (Å²) in [7, 11) is -3.89. The van der Waals surface area contributed by atoms with Gasteiger partial charge in [0.1, 0.15) is 6.04 Å². The number of phenolic OH excluding ortho intramolecular Hbond substituents is 1. The number of rotatable bonds is 6. The van der Waals surface area contributed by atoms with Gasteiger partial charge in [-0.1, -0.05) is 11.6 Å². The standard InChI is InChI=1S/C18H16ClIN4O6S/c19-12-3-5-13(6-4-12)31(29,30)23-7-1-2-15(23)18(26)22-21-10-11-8-14(20)17(25)16(9-11)24(27)28/h3-6,8-10,15,25H,1-2,7H2,(H,22,26)/b21-10-/t15-/m1/s1. The maximum absolute atomic E-state index is 12.9. The molecule has 0 saturated carbocycles. The highest BCUT2D eigenvalue weighted by Gasteiger charge is 2.39. The smallest absolute Gasteiger partial charge is 0.312 e. The lowest BCUT2D eigenvalue weighted by molar-refractivity contribution is -0.386. The first-order valence-electron chi connectivity index (χ1n) is 8.88. The third kappa shape index (κ3) is 5.14. The highest BCUT2D eigenvalue weighted by Crippen LogP contribution is 2.32. The number of nitrogens with one attached hydrogen (secondary N) is 1. The zero-order valence-corrected chi connectivity index (χ0v) is 19.5. The molecule has 164 valence electrons. The van der Waals surface area contributed by atoms with Crippen LogP contribution in [0.2, 0.25) is 5.02 Å². The molecule has 0 unspecified atom stereocenters. The van der Waals surface area contributed by atoms with Crippen LogP contribution < -0.4 is 5.43 Å². The second-order valence-corrected chi connectivity index (χ2v) is 10.1. The van der Waals surface area contributed by atoms with Crippen molar-refractivity contribution in [1.82, 2.24) is 9.73 Å². The van der Waals surface area contributed by atoms with E-state index >= 15 is 0 Å². The van der Waals surface area contributed by atoms with Gasteiger partial charge in [0.25, 0.3) is 5.91 Å². The van der Waals surface area contributed by atoms with Gasteiger partial charge in [0.2, 0.25) is 15.8 Å². The van der Waals surface area contributed by atoms with Gasteiger partial charge in [0.05, 0.1) is 19.6 Å². The molecule has 1 amide bonds. The van der Waals surface area contributed by atoms with Gasteiger partial charge in [-0.25, -0.2) is 13.8 Å². The Morgan fingerprint density at radius 1 is 1.35 bits per heavy atom. The van der Waals surface area contributed by atoms with Crippen LogP contribution in [0, 0.1) is 13.7 Å². The minimum atomic E-state index is -3.89. The van der Waals surface area contributed by atoms with E-state index in [4.69, 9.17) is 11.6 Å². The summed E-state index contributed by atoms with van der Waals surface area (Å²) >= 11 is 7.55. The minimum Gasteiger partial charge on any atom is -0.501 e. The van der Waals surface area contributed by atoms with Crippen LogP contribution in [0.15, 0.2) is 46.4 Å². The van der Waals surface area contributed by atoms with Gasteiger partial charge < -0.3 is 5.11 Å². The minimum absolute atomic E-state index is 0.0334. The Labute approximate surface area is 196 Å². The van der Waals surface area contributed by atoms with E-state index in [2.05, 4.69) is 10.5 Å². The van der Waals surface area contributed by atoms with Crippen LogP contribution in [0.5, 0.6) is 5.75 Å². The summed E-state index contributed by atoms with van der Waals surface area (Å²) in [5.74, 6) is -1.07. The summed E-state index contributed by atoms with van der Waals surface area (Å²) < 4.78 is 27.2. The number of hydrazone groups is 1. The summed E-state index contributed by atoms with van der Waals surface area (Å²) in [6.07, 6.45) is 2.02. The number of sulfonamides is 1. The molecule has 1 atom stereocenters. The molecule has 2 N–H and O–H groups in total. The van der Waals surface area contributed by atoms with Crippen LogP contribution in [0.1, 0.15) is 18.4 Å². The number of benzene rings is 2. The molecular weight excluding hydrogens is 563 g/mol. The van der Waals surface area contributed by atoms with Crippen molar-refractivity contribution in [2.75, 3.05) is 6.54 Å². The lowest BCUT2D eigenvalue weighted by Gasteiger charge is -2.22. The SMILES string of the molecule is O=C(N/N=C\c1cc(I)c(O)c([N+](=O)[O-])c1)[C@H]1CCCN1S(=O)(=O)c1ccc(Cl)cc1. The Balaban J connectivity index is 1.74. The number of nitrogens with zero attached hydrogens (tertiary/aromatic N) is 3. The molecule has 3 rings (SSSR count). The van der Waals surface area contributed by atoms with Gasteiger partial charge in [-0.15, -0.1) is 0 Å². The van der Waals surface area contributed by atoms with Gasteiger partial charge in [0, 0.05) is 23.2 Å². The number of halogens is 2. The number of carbonyl (C=O) groups is 1. The van der Waals surface area contributed by atoms with E-state index in [9.17, 15) is 28.4 Å². The molecule has 1 fully saturated rings. The number of carbonyl (C=O) groups excluding carboxylic acids is 1. The van der Waals surface area contributed by atoms with Crippen molar-refractivity contribution < 1.29 is 23.2 Å². The first-order valence-corrected chi connectivity index (χ1v) is 11.8. The molecule has 1 heterocycles. The number of hydrogen-bond donors (Lipinski definition) is 2. The van der Waals surface area contributed by atoms with Crippen molar-refractivity contribution >= 4 is 62.0 Å². The Hall–Kier alpha value is -2.29. The van der Waals surface area contributed by atoms with Crippen LogP contribution in [0.25, 0.3) is 0 Å². The van der Waals surface area contributed by atoms with E-state index in [-0.39, 0.29) is 20.6 Å². The Bertz CT molecular complexity index is 1160. The summed E-state index contributed by atoms with van der Waals surface area (Å²) in [6.45, 7) is 0.190. The normalized spacial score (nSPS) is 17.2. The molecule has 1 aliphatic heterocycles. The maximum Gasteiger partial charge on any atom is 0.312 e. The summed E-state index contributed by atoms with van der Waals surface area (Å²) in [4.78, 5) is 22.9. The zero-order valence-electron chi connectivity index (χ0n) is 15.7. The highest BCUT2D eigenvalue weighted by molar-refractivity contribution is 14.1. The Morgan fingerprint density at radius 3 is 2.68 bits per heavy atom. The van der Waals surface area contributed by atoms with Crippen LogP contribution >= 0.6 is 34.2 Å². The predicted octanol–water partition coefficient (Wildman–Crippen LogP) is 2.86. The molecular formula is C18H16ClIN4O6S. The molecule has 31 heavy (non-hydrogen) atoms. The van der Waals surface area contributed by atoms with E-state index in [1.807, 2.05) is 0 Å². The first kappa shape index (κ1) is 23.4. The van der Waals surface area contributed by atoms with E-state index in [1.165, 1.54) is 36.5 Å². The topological polar surface area (TPSA) is 142 Å².